The number of amides is 1. The Morgan fingerprint density at radius 2 is 1.95 bits per heavy atom. The number of aliphatic hydroxyl groups excluding tert-OH is 1. The van der Waals surface area contributed by atoms with Crippen molar-refractivity contribution >= 4 is 55.7 Å². The molecular weight excluding hydrogens is 588 g/mol. The monoisotopic (exact) mass is 618 g/mol. The molecule has 43 heavy (non-hydrogen) atoms. The van der Waals surface area contributed by atoms with Crippen LogP contribution in [0.1, 0.15) is 49.9 Å². The van der Waals surface area contributed by atoms with E-state index in [2.05, 4.69) is 18.8 Å². The molecule has 3 aromatic carbocycles. The minimum absolute atomic E-state index is 0.0132. The molecule has 3 heterocycles. The third-order valence-corrected chi connectivity index (χ3v) is 8.87. The van der Waals surface area contributed by atoms with Crippen LogP contribution in [0.5, 0.6) is 17.2 Å². The number of rotatable bonds is 8. The first kappa shape index (κ1) is 29.0. The molecule has 1 amide bonds. The second kappa shape index (κ2) is 11.5. The van der Waals surface area contributed by atoms with Crippen molar-refractivity contribution in [1.82, 2.24) is 4.98 Å². The molecule has 1 N–H and O–H groups in total. The Bertz CT molecular complexity index is 1780. The molecule has 2 aliphatic heterocycles. The Labute approximate surface area is 258 Å². The number of fused-ring (bicyclic) bond motifs is 2. The first-order valence-corrected chi connectivity index (χ1v) is 15.3. The average molecular weight is 619 g/mol. The zero-order chi connectivity index (χ0) is 30.4. The molecular formula is C33H31ClN2O6S. The van der Waals surface area contributed by atoms with Gasteiger partial charge in [-0.25, -0.2) is 4.98 Å². The summed E-state index contributed by atoms with van der Waals surface area (Å²) in [5, 5.41) is 12.5. The van der Waals surface area contributed by atoms with Gasteiger partial charge in [0.25, 0.3) is 5.78 Å². The van der Waals surface area contributed by atoms with Crippen molar-refractivity contribution in [1.29, 1.82) is 0 Å². The van der Waals surface area contributed by atoms with Crippen molar-refractivity contribution in [2.24, 2.45) is 5.92 Å². The molecule has 0 aliphatic carbocycles. The van der Waals surface area contributed by atoms with Crippen LogP contribution in [0.25, 0.3) is 16.0 Å². The van der Waals surface area contributed by atoms with Crippen molar-refractivity contribution < 1.29 is 28.9 Å². The highest BCUT2D eigenvalue weighted by Gasteiger charge is 2.48. The highest BCUT2D eigenvalue weighted by Crippen LogP contribution is 2.46. The number of halogens is 1. The summed E-state index contributed by atoms with van der Waals surface area (Å²) in [7, 11) is 1.54. The van der Waals surface area contributed by atoms with Crippen LogP contribution in [0.4, 0.5) is 5.13 Å². The number of ketones is 1. The standard InChI is InChI=1S/C33H31ClN2O6S/c1-17(2)11-12-41-25-10-5-19(15-26(25)40-4)29-28(30(37)20-6-9-24-21(14-20)13-18(3)42-24)31(38)32(39)36(29)33-35-23-8-7-22(34)16-27(23)43-33/h5-10,14-18,29,37H,11-13H2,1-4H3/b30-28+/t18-,29+/m0/s1. The van der Waals surface area contributed by atoms with Gasteiger partial charge in [-0.2, -0.15) is 0 Å². The van der Waals surface area contributed by atoms with E-state index in [9.17, 15) is 14.7 Å². The number of carbonyl (C=O) groups excluding carboxylic acids is 2. The fourth-order valence-corrected chi connectivity index (χ4v) is 6.71. The van der Waals surface area contributed by atoms with Gasteiger partial charge in [-0.3, -0.25) is 14.5 Å². The van der Waals surface area contributed by atoms with E-state index in [4.69, 9.17) is 25.8 Å². The third-order valence-electron chi connectivity index (χ3n) is 7.62. The summed E-state index contributed by atoms with van der Waals surface area (Å²) in [4.78, 5) is 33.5. The zero-order valence-corrected chi connectivity index (χ0v) is 25.8. The number of nitrogens with zero attached hydrogens (tertiary/aromatic N) is 2. The largest absolute Gasteiger partial charge is 0.507 e. The molecule has 10 heteroatoms. The van der Waals surface area contributed by atoms with E-state index in [1.54, 1.807) is 48.5 Å². The Balaban J connectivity index is 1.49. The van der Waals surface area contributed by atoms with Gasteiger partial charge >= 0.3 is 5.91 Å². The highest BCUT2D eigenvalue weighted by molar-refractivity contribution is 7.22. The van der Waals surface area contributed by atoms with E-state index in [1.165, 1.54) is 23.3 Å². The van der Waals surface area contributed by atoms with Gasteiger partial charge in [0.05, 0.1) is 35.5 Å². The van der Waals surface area contributed by atoms with Gasteiger partial charge in [0, 0.05) is 17.0 Å². The number of aliphatic hydroxyl groups is 1. The van der Waals surface area contributed by atoms with E-state index in [1.807, 2.05) is 13.0 Å². The number of aromatic nitrogens is 1. The maximum atomic E-state index is 13.7. The predicted molar refractivity (Wildman–Crippen MR) is 168 cm³/mol. The molecule has 0 saturated carbocycles. The maximum Gasteiger partial charge on any atom is 0.301 e. The van der Waals surface area contributed by atoms with E-state index in [0.717, 1.165) is 22.4 Å². The molecule has 8 nitrogen and oxygen atoms in total. The van der Waals surface area contributed by atoms with E-state index in [0.29, 0.717) is 57.2 Å². The van der Waals surface area contributed by atoms with Gasteiger partial charge < -0.3 is 19.3 Å². The Morgan fingerprint density at radius 3 is 2.72 bits per heavy atom. The summed E-state index contributed by atoms with van der Waals surface area (Å²) in [6.07, 6.45) is 1.56. The third kappa shape index (κ3) is 5.43. The maximum absolute atomic E-state index is 13.7. The van der Waals surface area contributed by atoms with E-state index >= 15 is 0 Å². The van der Waals surface area contributed by atoms with Crippen molar-refractivity contribution in [2.45, 2.75) is 45.8 Å². The van der Waals surface area contributed by atoms with Crippen LogP contribution in [-0.4, -0.2) is 41.6 Å². The van der Waals surface area contributed by atoms with Crippen LogP contribution in [0.2, 0.25) is 5.02 Å². The number of anilines is 1. The molecule has 222 valence electrons. The van der Waals surface area contributed by atoms with Crippen LogP contribution in [0.3, 0.4) is 0 Å². The minimum atomic E-state index is -0.974. The lowest BCUT2D eigenvalue weighted by Gasteiger charge is -2.24. The average Bonchev–Trinajstić information content (AvgIpc) is 3.64. The molecule has 0 bridgehead atoms. The Morgan fingerprint density at radius 1 is 1.14 bits per heavy atom. The van der Waals surface area contributed by atoms with Crippen LogP contribution in [-0.2, 0) is 16.0 Å². The van der Waals surface area contributed by atoms with Gasteiger partial charge in [0.1, 0.15) is 17.6 Å². The van der Waals surface area contributed by atoms with Gasteiger partial charge in [-0.15, -0.1) is 0 Å². The number of Topliss-reactive ketones (excluding diaryl/α,β-unsaturated/α-hetero) is 1. The molecule has 6 rings (SSSR count). The van der Waals surface area contributed by atoms with Gasteiger partial charge in [-0.1, -0.05) is 42.9 Å². The summed E-state index contributed by atoms with van der Waals surface area (Å²) in [6.45, 7) is 6.73. The van der Waals surface area contributed by atoms with Crippen molar-refractivity contribution in [2.75, 3.05) is 18.6 Å². The van der Waals surface area contributed by atoms with Crippen LogP contribution >= 0.6 is 22.9 Å². The Kier molecular flexibility index (Phi) is 7.79. The van der Waals surface area contributed by atoms with Crippen LogP contribution < -0.4 is 19.1 Å². The van der Waals surface area contributed by atoms with Gasteiger partial charge in [0.2, 0.25) is 0 Å². The minimum Gasteiger partial charge on any atom is -0.507 e. The second-order valence-corrected chi connectivity index (χ2v) is 12.6. The number of carbonyl (C=O) groups is 2. The number of hydrogen-bond donors (Lipinski definition) is 1. The van der Waals surface area contributed by atoms with Crippen molar-refractivity contribution in [3.05, 3.63) is 81.9 Å². The summed E-state index contributed by atoms with van der Waals surface area (Å²) < 4.78 is 18.2. The first-order chi connectivity index (χ1) is 20.6. The molecule has 0 radical (unpaired) electrons. The first-order valence-electron chi connectivity index (χ1n) is 14.1. The summed E-state index contributed by atoms with van der Waals surface area (Å²) in [5.41, 5.74) is 2.52. The lowest BCUT2D eigenvalue weighted by Crippen LogP contribution is -2.29. The quantitative estimate of drug-likeness (QED) is 0.125. The van der Waals surface area contributed by atoms with E-state index < -0.39 is 17.7 Å². The number of hydrogen-bond acceptors (Lipinski definition) is 8. The molecule has 0 spiro atoms. The van der Waals surface area contributed by atoms with E-state index in [-0.39, 0.29) is 17.4 Å². The predicted octanol–water partition coefficient (Wildman–Crippen LogP) is 7.33. The smallest absolute Gasteiger partial charge is 0.301 e. The van der Waals surface area contributed by atoms with Gasteiger partial charge in [0.15, 0.2) is 16.6 Å². The number of methoxy groups -OCH3 is 1. The lowest BCUT2D eigenvalue weighted by molar-refractivity contribution is -0.132. The molecule has 1 fully saturated rings. The normalized spacial score (nSPS) is 19.3. The molecule has 1 aromatic heterocycles. The highest BCUT2D eigenvalue weighted by atomic mass is 35.5. The number of thiazole rings is 1. The van der Waals surface area contributed by atoms with Crippen molar-refractivity contribution in [3.63, 3.8) is 0 Å². The van der Waals surface area contributed by atoms with Crippen LogP contribution in [0.15, 0.2) is 60.2 Å². The Hall–Kier alpha value is -4.08. The second-order valence-electron chi connectivity index (χ2n) is 11.2. The molecule has 4 aromatic rings. The summed E-state index contributed by atoms with van der Waals surface area (Å²) in [6, 6.07) is 14.9. The molecule has 1 saturated heterocycles. The molecule has 0 unspecified atom stereocenters. The molecule has 2 aliphatic rings. The number of benzene rings is 3. The lowest BCUT2D eigenvalue weighted by atomic mass is 9.94. The van der Waals surface area contributed by atoms with Crippen LogP contribution in [0, 0.1) is 5.92 Å². The SMILES string of the molecule is COc1cc([C@@H]2/C(=C(\O)c3ccc4c(c3)C[C@H](C)O4)C(=O)C(=O)N2c2nc3ccc(Cl)cc3s2)ccc1OCCC(C)C. The van der Waals surface area contributed by atoms with Crippen molar-refractivity contribution in [3.8, 4) is 17.2 Å². The zero-order valence-electron chi connectivity index (χ0n) is 24.2. The fraction of sp³-hybridized carbons (Fsp3) is 0.303. The molecule has 2 atom stereocenters. The fourth-order valence-electron chi connectivity index (χ4n) is 5.44. The van der Waals surface area contributed by atoms with Gasteiger partial charge in [-0.05, 0) is 78.9 Å². The summed E-state index contributed by atoms with van der Waals surface area (Å²) in [5.74, 6) is 0.355. The topological polar surface area (TPSA) is 98.2 Å². The number of ether oxygens (including phenoxy) is 3. The summed E-state index contributed by atoms with van der Waals surface area (Å²) >= 11 is 7.46.